The summed E-state index contributed by atoms with van der Waals surface area (Å²) in [6.07, 6.45) is 4.62. The first-order valence-electron chi connectivity index (χ1n) is 5.90. The first kappa shape index (κ1) is 15.9. The van der Waals surface area contributed by atoms with E-state index in [0.29, 0.717) is 0 Å². The van der Waals surface area contributed by atoms with Gasteiger partial charge < -0.3 is 4.90 Å². The van der Waals surface area contributed by atoms with E-state index in [-0.39, 0.29) is 0 Å². The van der Waals surface area contributed by atoms with Gasteiger partial charge in [0.05, 0.1) is 0 Å². The molecule has 0 saturated carbocycles. The highest BCUT2D eigenvalue weighted by Gasteiger charge is 2.06. The first-order valence-corrected chi connectivity index (χ1v) is 5.90. The van der Waals surface area contributed by atoms with Gasteiger partial charge in [0.2, 0.25) is 6.41 Å². The molecule has 1 aliphatic heterocycles. The highest BCUT2D eigenvalue weighted by molar-refractivity contribution is 5.47. The summed E-state index contributed by atoms with van der Waals surface area (Å²) in [7, 11) is 0. The zero-order valence-corrected chi connectivity index (χ0v) is 10.5. The molecule has 2 heteroatoms. The van der Waals surface area contributed by atoms with E-state index in [4.69, 9.17) is 0 Å². The van der Waals surface area contributed by atoms with Crippen molar-refractivity contribution >= 4 is 6.41 Å². The van der Waals surface area contributed by atoms with E-state index in [1.165, 1.54) is 19.3 Å². The second-order valence-electron chi connectivity index (χ2n) is 3.65. The van der Waals surface area contributed by atoms with E-state index >= 15 is 0 Å². The predicted molar refractivity (Wildman–Crippen MR) is 63.3 cm³/mol. The van der Waals surface area contributed by atoms with Crippen molar-refractivity contribution < 1.29 is 4.79 Å². The predicted octanol–water partition coefficient (Wildman–Crippen LogP) is 3.32. The fourth-order valence-corrected chi connectivity index (χ4v) is 0.847. The van der Waals surface area contributed by atoms with Gasteiger partial charge in [0.1, 0.15) is 0 Å². The van der Waals surface area contributed by atoms with E-state index in [0.717, 1.165) is 25.4 Å². The molecule has 0 aliphatic carbocycles. The quantitative estimate of drug-likeness (QED) is 0.628. The fraction of sp³-hybridized carbons (Fsp3) is 0.917. The highest BCUT2D eigenvalue weighted by Crippen LogP contribution is 2.02. The SMILES string of the molecule is CC.CCC(C)C.O=CN1CCCC1. The van der Waals surface area contributed by atoms with Crippen LogP contribution in [0.5, 0.6) is 0 Å². The molecule has 1 rings (SSSR count). The molecule has 14 heavy (non-hydrogen) atoms. The molecule has 0 bridgehead atoms. The van der Waals surface area contributed by atoms with E-state index in [1.807, 2.05) is 13.8 Å². The number of hydrogen-bond donors (Lipinski definition) is 0. The van der Waals surface area contributed by atoms with Crippen LogP contribution in [0.2, 0.25) is 0 Å². The number of amides is 1. The van der Waals surface area contributed by atoms with Crippen molar-refractivity contribution in [2.24, 2.45) is 5.92 Å². The van der Waals surface area contributed by atoms with Crippen LogP contribution in [0, 0.1) is 5.92 Å². The molecule has 0 aromatic rings. The van der Waals surface area contributed by atoms with Crippen molar-refractivity contribution in [1.29, 1.82) is 0 Å². The van der Waals surface area contributed by atoms with Gasteiger partial charge in [-0.2, -0.15) is 0 Å². The van der Waals surface area contributed by atoms with Gasteiger partial charge in [-0.15, -0.1) is 0 Å². The smallest absolute Gasteiger partial charge is 0.209 e. The summed E-state index contributed by atoms with van der Waals surface area (Å²) in [5.74, 6) is 0.884. The van der Waals surface area contributed by atoms with Crippen LogP contribution in [0.4, 0.5) is 0 Å². The third-order valence-corrected chi connectivity index (χ3v) is 2.11. The number of carbonyl (C=O) groups is 1. The van der Waals surface area contributed by atoms with Crippen molar-refractivity contribution in [2.75, 3.05) is 13.1 Å². The third-order valence-electron chi connectivity index (χ3n) is 2.11. The molecule has 86 valence electrons. The van der Waals surface area contributed by atoms with Gasteiger partial charge in [0, 0.05) is 13.1 Å². The zero-order chi connectivity index (χ0) is 11.4. The lowest BCUT2D eigenvalue weighted by Crippen LogP contribution is -2.15. The average molecular weight is 201 g/mol. The molecule has 1 heterocycles. The Hall–Kier alpha value is -0.530. The van der Waals surface area contributed by atoms with E-state index < -0.39 is 0 Å². The third kappa shape index (κ3) is 11.5. The second kappa shape index (κ2) is 12.5. The monoisotopic (exact) mass is 201 g/mol. The second-order valence-corrected chi connectivity index (χ2v) is 3.65. The molecule has 0 atom stereocenters. The summed E-state index contributed by atoms with van der Waals surface area (Å²) in [6, 6.07) is 0. The largest absolute Gasteiger partial charge is 0.345 e. The van der Waals surface area contributed by atoms with Crippen LogP contribution < -0.4 is 0 Å². The Kier molecular flexibility index (Phi) is 14.2. The van der Waals surface area contributed by atoms with Gasteiger partial charge in [0.25, 0.3) is 0 Å². The molecular weight excluding hydrogens is 174 g/mol. The lowest BCUT2D eigenvalue weighted by Gasteiger charge is -2.03. The molecule has 1 saturated heterocycles. The zero-order valence-electron chi connectivity index (χ0n) is 10.5. The summed E-state index contributed by atoms with van der Waals surface area (Å²) in [5.41, 5.74) is 0. The van der Waals surface area contributed by atoms with Crippen molar-refractivity contribution in [2.45, 2.75) is 53.9 Å². The van der Waals surface area contributed by atoms with Crippen molar-refractivity contribution in [3.8, 4) is 0 Å². The Balaban J connectivity index is 0. The molecule has 0 N–H and O–H groups in total. The van der Waals surface area contributed by atoms with Gasteiger partial charge in [0.15, 0.2) is 0 Å². The van der Waals surface area contributed by atoms with Crippen LogP contribution in [0.3, 0.4) is 0 Å². The fourth-order valence-electron chi connectivity index (χ4n) is 0.847. The summed E-state index contributed by atoms with van der Waals surface area (Å²) in [4.78, 5) is 11.7. The topological polar surface area (TPSA) is 20.3 Å². The molecule has 0 radical (unpaired) electrons. The molecule has 0 aromatic heterocycles. The number of nitrogens with zero attached hydrogens (tertiary/aromatic N) is 1. The standard InChI is InChI=1S/C5H9NO.C5H12.C2H6/c7-5-6-3-1-2-4-6;1-4-5(2)3;1-2/h5H,1-4H2;5H,4H2,1-3H3;1-2H3. The Labute approximate surface area is 89.7 Å². The molecule has 1 amide bonds. The lowest BCUT2D eigenvalue weighted by molar-refractivity contribution is -0.117. The first-order chi connectivity index (χ1) is 6.70. The summed E-state index contributed by atoms with van der Waals surface area (Å²) in [6.45, 7) is 12.6. The average Bonchev–Trinajstić information content (AvgIpc) is 2.74. The van der Waals surface area contributed by atoms with Gasteiger partial charge in [-0.05, 0) is 18.8 Å². The Bertz CT molecular complexity index is 107. The maximum absolute atomic E-state index is 9.93. The van der Waals surface area contributed by atoms with Crippen molar-refractivity contribution in [3.63, 3.8) is 0 Å². The molecule has 0 spiro atoms. The molecule has 2 nitrogen and oxygen atoms in total. The van der Waals surface area contributed by atoms with Gasteiger partial charge in [-0.1, -0.05) is 41.0 Å². The normalized spacial score (nSPS) is 14.0. The molecule has 1 aliphatic rings. The van der Waals surface area contributed by atoms with Crippen LogP contribution in [0.1, 0.15) is 53.9 Å². The minimum absolute atomic E-state index is 0.884. The summed E-state index contributed by atoms with van der Waals surface area (Å²) < 4.78 is 0. The van der Waals surface area contributed by atoms with Crippen molar-refractivity contribution in [1.82, 2.24) is 4.90 Å². The van der Waals surface area contributed by atoms with Gasteiger partial charge >= 0.3 is 0 Å². The minimum atomic E-state index is 0.884. The van der Waals surface area contributed by atoms with E-state index in [9.17, 15) is 4.79 Å². The number of likely N-dealkylation sites (tertiary alicyclic amines) is 1. The summed E-state index contributed by atoms with van der Waals surface area (Å²) in [5, 5.41) is 0. The molecule has 0 unspecified atom stereocenters. The van der Waals surface area contributed by atoms with Crippen LogP contribution in [0.25, 0.3) is 0 Å². The molecule has 0 aromatic carbocycles. The van der Waals surface area contributed by atoms with E-state index in [2.05, 4.69) is 20.8 Å². The Morgan fingerprint density at radius 2 is 1.57 bits per heavy atom. The molecule has 1 fully saturated rings. The maximum atomic E-state index is 9.93. The number of carbonyl (C=O) groups excluding carboxylic acids is 1. The van der Waals surface area contributed by atoms with Crippen molar-refractivity contribution in [3.05, 3.63) is 0 Å². The van der Waals surface area contributed by atoms with Gasteiger partial charge in [-0.3, -0.25) is 4.79 Å². The van der Waals surface area contributed by atoms with Crippen LogP contribution in [-0.4, -0.2) is 24.4 Å². The number of hydrogen-bond acceptors (Lipinski definition) is 1. The van der Waals surface area contributed by atoms with Gasteiger partial charge in [-0.25, -0.2) is 0 Å². The van der Waals surface area contributed by atoms with E-state index in [1.54, 1.807) is 4.90 Å². The highest BCUT2D eigenvalue weighted by atomic mass is 16.1. The lowest BCUT2D eigenvalue weighted by atomic mass is 10.2. The van der Waals surface area contributed by atoms with Crippen LogP contribution in [-0.2, 0) is 4.79 Å². The van der Waals surface area contributed by atoms with Crippen LogP contribution >= 0.6 is 0 Å². The Morgan fingerprint density at radius 3 is 1.71 bits per heavy atom. The summed E-state index contributed by atoms with van der Waals surface area (Å²) >= 11 is 0. The molecular formula is C12H27NO. The van der Waals surface area contributed by atoms with Crippen LogP contribution in [0.15, 0.2) is 0 Å². The Morgan fingerprint density at radius 1 is 1.21 bits per heavy atom. The maximum Gasteiger partial charge on any atom is 0.209 e. The minimum Gasteiger partial charge on any atom is -0.345 e. The number of rotatable bonds is 2.